The number of fused-ring (bicyclic) bond motifs is 1. The second-order valence-electron chi connectivity index (χ2n) is 5.16. The first-order valence-corrected chi connectivity index (χ1v) is 6.45. The number of para-hydroxylation sites is 1. The van der Waals surface area contributed by atoms with E-state index in [1.165, 1.54) is 0 Å². The summed E-state index contributed by atoms with van der Waals surface area (Å²) in [5.41, 5.74) is 2.06. The van der Waals surface area contributed by atoms with Gasteiger partial charge in [-0.05, 0) is 30.9 Å². The van der Waals surface area contributed by atoms with Gasteiger partial charge in [-0.3, -0.25) is 0 Å². The largest absolute Gasteiger partial charge is 0.480 e. The van der Waals surface area contributed by atoms with E-state index in [9.17, 15) is 15.0 Å². The zero-order chi connectivity index (χ0) is 12.7. The molecule has 1 aliphatic heterocycles. The lowest BCUT2D eigenvalue weighted by Crippen LogP contribution is -2.48. The van der Waals surface area contributed by atoms with Crippen LogP contribution in [0.25, 0.3) is 0 Å². The van der Waals surface area contributed by atoms with Gasteiger partial charge in [0, 0.05) is 12.1 Å². The molecule has 2 N–H and O–H groups in total. The highest BCUT2D eigenvalue weighted by atomic mass is 16.4. The fourth-order valence-corrected chi connectivity index (χ4v) is 3.27. The second kappa shape index (κ2) is 4.28. The van der Waals surface area contributed by atoms with Crippen LogP contribution in [0.5, 0.6) is 0 Å². The van der Waals surface area contributed by atoms with Crippen LogP contribution in [0.1, 0.15) is 24.8 Å². The lowest BCUT2D eigenvalue weighted by Gasteiger charge is -2.33. The van der Waals surface area contributed by atoms with Gasteiger partial charge in [0.15, 0.2) is 0 Å². The van der Waals surface area contributed by atoms with E-state index in [2.05, 4.69) is 0 Å². The van der Waals surface area contributed by atoms with E-state index >= 15 is 0 Å². The number of hydrogen-bond donors (Lipinski definition) is 2. The van der Waals surface area contributed by atoms with Crippen LogP contribution in [0.3, 0.4) is 0 Å². The Kier molecular flexibility index (Phi) is 2.74. The molecule has 3 rings (SSSR count). The molecule has 0 spiro atoms. The van der Waals surface area contributed by atoms with Crippen molar-refractivity contribution in [1.82, 2.24) is 0 Å². The van der Waals surface area contributed by atoms with Crippen molar-refractivity contribution in [3.63, 3.8) is 0 Å². The number of carbonyl (C=O) groups is 1. The molecule has 1 heterocycles. The zero-order valence-corrected chi connectivity index (χ0v) is 10.1. The molecule has 4 heteroatoms. The molecular formula is C14H17NO3. The Morgan fingerprint density at radius 3 is 2.72 bits per heavy atom. The van der Waals surface area contributed by atoms with E-state index < -0.39 is 18.1 Å². The number of benzene rings is 1. The molecule has 0 aromatic heterocycles. The lowest BCUT2D eigenvalue weighted by atomic mass is 10.1. The molecule has 0 amide bonds. The average Bonchev–Trinajstić information content (AvgIpc) is 2.92. The van der Waals surface area contributed by atoms with Gasteiger partial charge in [-0.2, -0.15) is 0 Å². The van der Waals surface area contributed by atoms with Crippen LogP contribution in [0.4, 0.5) is 5.69 Å². The van der Waals surface area contributed by atoms with E-state index in [0.717, 1.165) is 30.5 Å². The van der Waals surface area contributed by atoms with Crippen LogP contribution in [-0.2, 0) is 11.2 Å². The molecule has 1 aliphatic carbocycles. The Morgan fingerprint density at radius 2 is 2.06 bits per heavy atom. The van der Waals surface area contributed by atoms with Gasteiger partial charge < -0.3 is 15.1 Å². The summed E-state index contributed by atoms with van der Waals surface area (Å²) >= 11 is 0. The molecular weight excluding hydrogens is 230 g/mol. The minimum absolute atomic E-state index is 0.0465. The SMILES string of the molecule is O=C(O)C1Cc2ccccc2N1C1CCCC1O. The summed E-state index contributed by atoms with van der Waals surface area (Å²) in [6.07, 6.45) is 2.75. The smallest absolute Gasteiger partial charge is 0.326 e. The summed E-state index contributed by atoms with van der Waals surface area (Å²) in [5.74, 6) is -0.801. The third kappa shape index (κ3) is 1.68. The van der Waals surface area contributed by atoms with Crippen molar-refractivity contribution in [1.29, 1.82) is 0 Å². The second-order valence-corrected chi connectivity index (χ2v) is 5.16. The van der Waals surface area contributed by atoms with E-state index in [1.807, 2.05) is 29.2 Å². The molecule has 4 nitrogen and oxygen atoms in total. The van der Waals surface area contributed by atoms with Crippen LogP contribution >= 0.6 is 0 Å². The molecule has 18 heavy (non-hydrogen) atoms. The van der Waals surface area contributed by atoms with Crippen molar-refractivity contribution in [3.05, 3.63) is 29.8 Å². The van der Waals surface area contributed by atoms with Crippen molar-refractivity contribution in [2.24, 2.45) is 0 Å². The molecule has 0 radical (unpaired) electrons. The first-order valence-electron chi connectivity index (χ1n) is 6.45. The first-order chi connectivity index (χ1) is 8.68. The first kappa shape index (κ1) is 11.5. The molecule has 3 atom stereocenters. The highest BCUT2D eigenvalue weighted by molar-refractivity contribution is 5.82. The molecule has 0 saturated heterocycles. The Morgan fingerprint density at radius 1 is 1.28 bits per heavy atom. The molecule has 3 unspecified atom stereocenters. The third-order valence-electron chi connectivity index (χ3n) is 4.11. The van der Waals surface area contributed by atoms with Crippen LogP contribution in [-0.4, -0.2) is 34.4 Å². The number of hydrogen-bond acceptors (Lipinski definition) is 3. The predicted molar refractivity (Wildman–Crippen MR) is 67.7 cm³/mol. The number of carboxylic acid groups (broad SMARTS) is 1. The van der Waals surface area contributed by atoms with Gasteiger partial charge in [0.05, 0.1) is 12.1 Å². The molecule has 0 bridgehead atoms. The molecule has 2 aliphatic rings. The van der Waals surface area contributed by atoms with Crippen LogP contribution < -0.4 is 4.90 Å². The van der Waals surface area contributed by atoms with E-state index in [4.69, 9.17) is 0 Å². The maximum atomic E-state index is 11.4. The molecule has 1 saturated carbocycles. The Hall–Kier alpha value is -1.55. The monoisotopic (exact) mass is 247 g/mol. The quantitative estimate of drug-likeness (QED) is 0.829. The molecule has 1 fully saturated rings. The summed E-state index contributed by atoms with van der Waals surface area (Å²) in [6, 6.07) is 7.23. The Labute approximate surface area is 106 Å². The topological polar surface area (TPSA) is 60.8 Å². The summed E-state index contributed by atoms with van der Waals surface area (Å²) < 4.78 is 0. The van der Waals surface area contributed by atoms with Crippen molar-refractivity contribution < 1.29 is 15.0 Å². The van der Waals surface area contributed by atoms with Gasteiger partial charge in [-0.15, -0.1) is 0 Å². The number of rotatable bonds is 2. The molecule has 96 valence electrons. The highest BCUT2D eigenvalue weighted by Gasteiger charge is 2.42. The van der Waals surface area contributed by atoms with E-state index in [1.54, 1.807) is 0 Å². The van der Waals surface area contributed by atoms with Crippen LogP contribution in [0.15, 0.2) is 24.3 Å². The summed E-state index contributed by atoms with van der Waals surface area (Å²) in [6.45, 7) is 0. The van der Waals surface area contributed by atoms with Crippen LogP contribution in [0, 0.1) is 0 Å². The Balaban J connectivity index is 2.00. The number of carboxylic acids is 1. The maximum absolute atomic E-state index is 11.4. The van der Waals surface area contributed by atoms with Gasteiger partial charge in [-0.1, -0.05) is 18.2 Å². The van der Waals surface area contributed by atoms with Crippen molar-refractivity contribution in [2.45, 2.75) is 43.9 Å². The number of aliphatic hydroxyl groups is 1. The molecule has 1 aromatic rings. The minimum Gasteiger partial charge on any atom is -0.480 e. The van der Waals surface area contributed by atoms with Crippen LogP contribution in [0.2, 0.25) is 0 Å². The van der Waals surface area contributed by atoms with Gasteiger partial charge in [0.2, 0.25) is 0 Å². The summed E-state index contributed by atoms with van der Waals surface area (Å²) in [7, 11) is 0. The van der Waals surface area contributed by atoms with Gasteiger partial charge >= 0.3 is 5.97 Å². The fraction of sp³-hybridized carbons (Fsp3) is 0.500. The lowest BCUT2D eigenvalue weighted by molar-refractivity contribution is -0.138. The van der Waals surface area contributed by atoms with E-state index in [0.29, 0.717) is 6.42 Å². The van der Waals surface area contributed by atoms with Crippen molar-refractivity contribution >= 4 is 11.7 Å². The van der Waals surface area contributed by atoms with Gasteiger partial charge in [0.1, 0.15) is 6.04 Å². The fourth-order valence-electron chi connectivity index (χ4n) is 3.27. The highest BCUT2D eigenvalue weighted by Crippen LogP contribution is 2.38. The third-order valence-corrected chi connectivity index (χ3v) is 4.11. The van der Waals surface area contributed by atoms with E-state index in [-0.39, 0.29) is 6.04 Å². The van der Waals surface area contributed by atoms with Gasteiger partial charge in [0.25, 0.3) is 0 Å². The number of aliphatic hydroxyl groups excluding tert-OH is 1. The molecule has 1 aromatic carbocycles. The maximum Gasteiger partial charge on any atom is 0.326 e. The minimum atomic E-state index is -0.801. The van der Waals surface area contributed by atoms with Crippen molar-refractivity contribution in [2.75, 3.05) is 4.90 Å². The summed E-state index contributed by atoms with van der Waals surface area (Å²) in [5, 5.41) is 19.4. The van der Waals surface area contributed by atoms with Gasteiger partial charge in [-0.25, -0.2) is 4.79 Å². The number of anilines is 1. The Bertz CT molecular complexity index is 474. The average molecular weight is 247 g/mol. The van der Waals surface area contributed by atoms with Crippen molar-refractivity contribution in [3.8, 4) is 0 Å². The zero-order valence-electron chi connectivity index (χ0n) is 10.1. The normalized spacial score (nSPS) is 30.5. The standard InChI is InChI=1S/C14H17NO3/c16-13-7-3-6-11(13)15-10-5-2-1-4-9(10)8-12(15)14(17)18/h1-2,4-5,11-13,16H,3,6-8H2,(H,17,18). The number of aliphatic carboxylic acids is 1. The number of nitrogens with zero attached hydrogens (tertiary/aromatic N) is 1. The summed E-state index contributed by atoms with van der Waals surface area (Å²) in [4.78, 5) is 13.3. The predicted octanol–water partition coefficient (Wildman–Crippen LogP) is 1.42.